The number of rotatable bonds is 3. The summed E-state index contributed by atoms with van der Waals surface area (Å²) in [6.07, 6.45) is 1.46. The van der Waals surface area contributed by atoms with Crippen LogP contribution in [0.2, 0.25) is 0 Å². The molecule has 1 N–H and O–H groups in total. The summed E-state index contributed by atoms with van der Waals surface area (Å²) in [5, 5.41) is 3.12. The minimum atomic E-state index is -0.458. The molecular formula is C14H19NO2. The van der Waals surface area contributed by atoms with Gasteiger partial charge in [0.2, 0.25) is 0 Å². The molecule has 0 aliphatic rings. The van der Waals surface area contributed by atoms with Crippen molar-refractivity contribution >= 4 is 11.7 Å². The van der Waals surface area contributed by atoms with Gasteiger partial charge in [-0.15, -0.1) is 0 Å². The number of benzene rings is 1. The molecular weight excluding hydrogens is 214 g/mol. The van der Waals surface area contributed by atoms with E-state index in [1.54, 1.807) is 0 Å². The van der Waals surface area contributed by atoms with Crippen LogP contribution in [0.5, 0.6) is 0 Å². The molecule has 0 unspecified atom stereocenters. The first-order valence-corrected chi connectivity index (χ1v) is 5.60. The first-order chi connectivity index (χ1) is 7.87. The molecule has 17 heavy (non-hydrogen) atoms. The summed E-state index contributed by atoms with van der Waals surface area (Å²) in [5.74, 6) is -0.335. The lowest BCUT2D eigenvalue weighted by Gasteiger charge is -2.18. The van der Waals surface area contributed by atoms with Gasteiger partial charge >= 0.3 is 5.97 Å². The Morgan fingerprint density at radius 1 is 1.24 bits per heavy atom. The summed E-state index contributed by atoms with van der Waals surface area (Å²) in [7, 11) is 0. The number of carbonyl (C=O) groups is 1. The fraction of sp³-hybridized carbons (Fsp3) is 0.357. The lowest BCUT2D eigenvalue weighted by atomic mass is 10.2. The Labute approximate surface area is 102 Å². The summed E-state index contributed by atoms with van der Waals surface area (Å²) < 4.78 is 5.19. The number of anilines is 1. The van der Waals surface area contributed by atoms with Crippen LogP contribution in [-0.2, 0) is 9.53 Å². The lowest BCUT2D eigenvalue weighted by Crippen LogP contribution is -2.23. The minimum Gasteiger partial charge on any atom is -0.457 e. The highest BCUT2D eigenvalue weighted by Gasteiger charge is 2.14. The first-order valence-electron chi connectivity index (χ1n) is 5.60. The summed E-state index contributed by atoms with van der Waals surface area (Å²) >= 11 is 0. The van der Waals surface area contributed by atoms with Crippen LogP contribution in [-0.4, -0.2) is 11.6 Å². The Hall–Kier alpha value is -1.77. The molecule has 0 atom stereocenters. The molecule has 1 aromatic rings. The van der Waals surface area contributed by atoms with Crippen LogP contribution >= 0.6 is 0 Å². The molecule has 0 aromatic heterocycles. The van der Waals surface area contributed by atoms with Crippen molar-refractivity contribution in [2.75, 3.05) is 5.32 Å². The molecule has 0 aliphatic heterocycles. The van der Waals surface area contributed by atoms with Gasteiger partial charge in [0.05, 0.1) is 0 Å². The van der Waals surface area contributed by atoms with Crippen LogP contribution in [0.25, 0.3) is 0 Å². The topological polar surface area (TPSA) is 38.3 Å². The van der Waals surface area contributed by atoms with Gasteiger partial charge in [0.15, 0.2) is 0 Å². The van der Waals surface area contributed by atoms with Crippen LogP contribution in [0.3, 0.4) is 0 Å². The first kappa shape index (κ1) is 13.3. The van der Waals surface area contributed by atoms with Crippen molar-refractivity contribution < 1.29 is 9.53 Å². The highest BCUT2D eigenvalue weighted by Crippen LogP contribution is 2.11. The van der Waals surface area contributed by atoms with E-state index in [1.165, 1.54) is 6.08 Å². The second kappa shape index (κ2) is 5.53. The van der Waals surface area contributed by atoms with Gasteiger partial charge < -0.3 is 10.1 Å². The summed E-state index contributed by atoms with van der Waals surface area (Å²) in [4.78, 5) is 11.5. The van der Waals surface area contributed by atoms with Crippen molar-refractivity contribution in [3.05, 3.63) is 42.1 Å². The Morgan fingerprint density at radius 3 is 2.35 bits per heavy atom. The predicted octanol–water partition coefficient (Wildman–Crippen LogP) is 3.34. The Morgan fingerprint density at radius 2 is 1.82 bits per heavy atom. The van der Waals surface area contributed by atoms with E-state index in [9.17, 15) is 4.79 Å². The molecule has 3 nitrogen and oxygen atoms in total. The van der Waals surface area contributed by atoms with Gasteiger partial charge in [-0.25, -0.2) is 4.79 Å². The standard InChI is InChI=1S/C14H19NO2/c1-11(10-13(16)17-14(2,3)4)15-12-8-6-5-7-9-12/h5-10,15H,1-4H3/b11-10+. The molecule has 0 fully saturated rings. The highest BCUT2D eigenvalue weighted by atomic mass is 16.6. The van der Waals surface area contributed by atoms with Crippen molar-refractivity contribution in [2.24, 2.45) is 0 Å². The average Bonchev–Trinajstić information content (AvgIpc) is 2.15. The van der Waals surface area contributed by atoms with Gasteiger partial charge in [-0.1, -0.05) is 18.2 Å². The molecule has 0 radical (unpaired) electrons. The molecule has 3 heteroatoms. The van der Waals surface area contributed by atoms with Crippen LogP contribution < -0.4 is 5.32 Å². The molecule has 1 aromatic carbocycles. The molecule has 0 saturated carbocycles. The quantitative estimate of drug-likeness (QED) is 0.642. The van der Waals surface area contributed by atoms with E-state index in [-0.39, 0.29) is 5.97 Å². The monoisotopic (exact) mass is 233 g/mol. The SMILES string of the molecule is C/C(=C\C(=O)OC(C)(C)C)Nc1ccccc1. The fourth-order valence-electron chi connectivity index (χ4n) is 1.29. The predicted molar refractivity (Wildman–Crippen MR) is 69.7 cm³/mol. The molecule has 0 bridgehead atoms. The Kier molecular flexibility index (Phi) is 4.32. The number of hydrogen-bond acceptors (Lipinski definition) is 3. The third kappa shape index (κ3) is 5.76. The van der Waals surface area contributed by atoms with E-state index in [0.29, 0.717) is 0 Å². The van der Waals surface area contributed by atoms with Gasteiger partial charge in [-0.05, 0) is 39.8 Å². The number of allylic oxidation sites excluding steroid dienone is 1. The fourth-order valence-corrected chi connectivity index (χ4v) is 1.29. The van der Waals surface area contributed by atoms with Crippen molar-refractivity contribution in [1.29, 1.82) is 0 Å². The van der Waals surface area contributed by atoms with Gasteiger partial charge in [0.1, 0.15) is 5.60 Å². The van der Waals surface area contributed by atoms with Crippen molar-refractivity contribution in [3.63, 3.8) is 0 Å². The lowest BCUT2D eigenvalue weighted by molar-refractivity contribution is -0.148. The number of para-hydroxylation sites is 1. The smallest absolute Gasteiger partial charge is 0.333 e. The number of esters is 1. The number of ether oxygens (including phenoxy) is 1. The van der Waals surface area contributed by atoms with Crippen molar-refractivity contribution in [1.82, 2.24) is 0 Å². The van der Waals surface area contributed by atoms with Gasteiger partial charge in [-0.3, -0.25) is 0 Å². The maximum atomic E-state index is 11.5. The Balaban J connectivity index is 2.58. The molecule has 1 rings (SSSR count). The van der Waals surface area contributed by atoms with E-state index in [1.807, 2.05) is 58.0 Å². The van der Waals surface area contributed by atoms with Crippen LogP contribution in [0, 0.1) is 0 Å². The van der Waals surface area contributed by atoms with E-state index < -0.39 is 5.60 Å². The second-order valence-corrected chi connectivity index (χ2v) is 4.85. The normalized spacial score (nSPS) is 12.1. The third-order valence-corrected chi connectivity index (χ3v) is 1.86. The number of nitrogens with one attached hydrogen (secondary N) is 1. The van der Waals surface area contributed by atoms with E-state index >= 15 is 0 Å². The molecule has 92 valence electrons. The van der Waals surface area contributed by atoms with Gasteiger partial charge in [0.25, 0.3) is 0 Å². The molecule has 0 heterocycles. The second-order valence-electron chi connectivity index (χ2n) is 4.85. The number of hydrogen-bond donors (Lipinski definition) is 1. The molecule has 0 amide bonds. The van der Waals surface area contributed by atoms with Crippen LogP contribution in [0.1, 0.15) is 27.7 Å². The van der Waals surface area contributed by atoms with E-state index in [4.69, 9.17) is 4.74 Å². The molecule has 0 aliphatic carbocycles. The zero-order valence-corrected chi connectivity index (χ0v) is 10.8. The third-order valence-electron chi connectivity index (χ3n) is 1.86. The van der Waals surface area contributed by atoms with Gasteiger partial charge in [0, 0.05) is 17.5 Å². The Bertz CT molecular complexity index is 402. The zero-order chi connectivity index (χ0) is 12.9. The van der Waals surface area contributed by atoms with E-state index in [0.717, 1.165) is 11.4 Å². The van der Waals surface area contributed by atoms with Crippen molar-refractivity contribution in [3.8, 4) is 0 Å². The van der Waals surface area contributed by atoms with Crippen molar-refractivity contribution in [2.45, 2.75) is 33.3 Å². The van der Waals surface area contributed by atoms with Crippen LogP contribution in [0.15, 0.2) is 42.1 Å². The minimum absolute atomic E-state index is 0.335. The zero-order valence-electron chi connectivity index (χ0n) is 10.8. The highest BCUT2D eigenvalue weighted by molar-refractivity contribution is 5.83. The summed E-state index contributed by atoms with van der Waals surface area (Å²) in [5.41, 5.74) is 1.25. The molecule has 0 spiro atoms. The average molecular weight is 233 g/mol. The van der Waals surface area contributed by atoms with E-state index in [2.05, 4.69) is 5.32 Å². The maximum Gasteiger partial charge on any atom is 0.333 e. The number of carbonyl (C=O) groups excluding carboxylic acids is 1. The molecule has 0 saturated heterocycles. The van der Waals surface area contributed by atoms with Gasteiger partial charge in [-0.2, -0.15) is 0 Å². The maximum absolute atomic E-state index is 11.5. The largest absolute Gasteiger partial charge is 0.457 e. The summed E-state index contributed by atoms with van der Waals surface area (Å²) in [6.45, 7) is 7.37. The van der Waals surface area contributed by atoms with Crippen LogP contribution in [0.4, 0.5) is 5.69 Å². The summed E-state index contributed by atoms with van der Waals surface area (Å²) in [6, 6.07) is 9.68.